The molecule has 2 fully saturated rings. The van der Waals surface area contributed by atoms with Gasteiger partial charge in [-0.05, 0) is 36.8 Å². The van der Waals surface area contributed by atoms with Gasteiger partial charge >= 0.3 is 6.03 Å². The zero-order chi connectivity index (χ0) is 16.1. The lowest BCUT2D eigenvalue weighted by molar-refractivity contribution is -0.131. The first-order valence-corrected chi connectivity index (χ1v) is 9.24. The van der Waals surface area contributed by atoms with Crippen LogP contribution in [0.25, 0.3) is 0 Å². The molecule has 2 saturated heterocycles. The Morgan fingerprint density at radius 1 is 1.27 bits per heavy atom. The number of imide groups is 1. The van der Waals surface area contributed by atoms with Gasteiger partial charge in [-0.3, -0.25) is 9.69 Å². The normalized spacial score (nSPS) is 22.4. The van der Waals surface area contributed by atoms with Crippen molar-refractivity contribution < 1.29 is 18.0 Å². The molecular weight excluding hydrogens is 326 g/mol. The van der Waals surface area contributed by atoms with Gasteiger partial charge in [-0.15, -0.1) is 11.3 Å². The van der Waals surface area contributed by atoms with E-state index in [1.165, 1.54) is 22.7 Å². The van der Waals surface area contributed by atoms with Gasteiger partial charge in [0.15, 0.2) is 0 Å². The number of amides is 3. The van der Waals surface area contributed by atoms with Crippen molar-refractivity contribution in [3.63, 3.8) is 0 Å². The van der Waals surface area contributed by atoms with Crippen LogP contribution in [-0.2, 0) is 14.8 Å². The van der Waals surface area contributed by atoms with Crippen molar-refractivity contribution in [2.24, 2.45) is 0 Å². The Balaban J connectivity index is 1.80. The molecule has 22 heavy (non-hydrogen) atoms. The third kappa shape index (κ3) is 2.15. The monoisotopic (exact) mass is 343 g/mol. The van der Waals surface area contributed by atoms with E-state index >= 15 is 0 Å². The lowest BCUT2D eigenvalue weighted by atomic mass is 9.88. The first-order valence-electron chi connectivity index (χ1n) is 6.92. The van der Waals surface area contributed by atoms with E-state index in [4.69, 9.17) is 0 Å². The fourth-order valence-electron chi connectivity index (χ4n) is 2.94. The van der Waals surface area contributed by atoms with Crippen LogP contribution in [0.2, 0.25) is 0 Å². The van der Waals surface area contributed by atoms with Crippen LogP contribution < -0.4 is 5.32 Å². The van der Waals surface area contributed by atoms with Crippen LogP contribution in [0.4, 0.5) is 4.79 Å². The molecule has 1 aromatic heterocycles. The number of rotatable bonds is 2. The van der Waals surface area contributed by atoms with Crippen molar-refractivity contribution >= 4 is 33.3 Å². The molecule has 7 nitrogen and oxygen atoms in total. The Morgan fingerprint density at radius 2 is 1.91 bits per heavy atom. The molecule has 120 valence electrons. The molecule has 3 rings (SSSR count). The molecule has 0 bridgehead atoms. The van der Waals surface area contributed by atoms with Crippen molar-refractivity contribution in [2.45, 2.75) is 29.5 Å². The summed E-state index contributed by atoms with van der Waals surface area (Å²) in [6.45, 7) is 2.21. The molecule has 3 amide bonds. The SMILES string of the molecule is Cc1ccsc1S(=O)(=O)N1CCC2(CC1)NC(=O)N(C)C2=O. The lowest BCUT2D eigenvalue weighted by Gasteiger charge is -2.36. The maximum absolute atomic E-state index is 12.6. The maximum Gasteiger partial charge on any atom is 0.324 e. The number of hydrogen-bond donors (Lipinski definition) is 1. The summed E-state index contributed by atoms with van der Waals surface area (Å²) in [4.78, 5) is 24.9. The van der Waals surface area contributed by atoms with Crippen LogP contribution in [0.5, 0.6) is 0 Å². The van der Waals surface area contributed by atoms with Crippen molar-refractivity contribution in [3.05, 3.63) is 17.0 Å². The van der Waals surface area contributed by atoms with Gasteiger partial charge in [0, 0.05) is 20.1 Å². The number of urea groups is 1. The van der Waals surface area contributed by atoms with Crippen molar-refractivity contribution in [2.75, 3.05) is 20.1 Å². The average Bonchev–Trinajstić information content (AvgIpc) is 2.99. The van der Waals surface area contributed by atoms with Crippen LogP contribution in [0, 0.1) is 6.92 Å². The summed E-state index contributed by atoms with van der Waals surface area (Å²) in [7, 11) is -2.09. The minimum Gasteiger partial charge on any atom is -0.323 e. The topological polar surface area (TPSA) is 86.8 Å². The van der Waals surface area contributed by atoms with Crippen LogP contribution in [0.1, 0.15) is 18.4 Å². The average molecular weight is 343 g/mol. The number of thiophene rings is 1. The standard InChI is InChI=1S/C13H17N3O4S2/c1-9-3-8-21-10(9)22(19,20)16-6-4-13(5-7-16)11(17)15(2)12(18)14-13/h3,8H,4-7H2,1-2H3,(H,14,18). The van der Waals surface area contributed by atoms with Crippen LogP contribution in [0.3, 0.4) is 0 Å². The Labute approximate surface area is 132 Å². The highest BCUT2D eigenvalue weighted by atomic mass is 32.2. The molecule has 0 saturated carbocycles. The van der Waals surface area contributed by atoms with Crippen LogP contribution >= 0.6 is 11.3 Å². The second-order valence-electron chi connectivity index (χ2n) is 5.67. The second-order valence-corrected chi connectivity index (χ2v) is 8.72. The number of carbonyl (C=O) groups excluding carboxylic acids is 2. The molecule has 2 aliphatic rings. The summed E-state index contributed by atoms with van der Waals surface area (Å²) in [6.07, 6.45) is 0.594. The van der Waals surface area contributed by atoms with Gasteiger partial charge in [0.25, 0.3) is 15.9 Å². The molecule has 2 aliphatic heterocycles. The molecule has 1 aromatic rings. The van der Waals surface area contributed by atoms with Crippen molar-refractivity contribution in [1.82, 2.24) is 14.5 Å². The molecule has 0 unspecified atom stereocenters. The lowest BCUT2D eigenvalue weighted by Crippen LogP contribution is -2.55. The minimum absolute atomic E-state index is 0.222. The van der Waals surface area contributed by atoms with Gasteiger partial charge in [0.1, 0.15) is 9.75 Å². The van der Waals surface area contributed by atoms with E-state index in [9.17, 15) is 18.0 Å². The van der Waals surface area contributed by atoms with Gasteiger partial charge in [0.05, 0.1) is 0 Å². The van der Waals surface area contributed by atoms with Gasteiger partial charge in [-0.2, -0.15) is 4.31 Å². The summed E-state index contributed by atoms with van der Waals surface area (Å²) in [5.74, 6) is -0.276. The summed E-state index contributed by atoms with van der Waals surface area (Å²) >= 11 is 1.20. The first-order chi connectivity index (χ1) is 10.3. The highest BCUT2D eigenvalue weighted by Gasteiger charge is 2.52. The molecule has 1 spiro atoms. The second kappa shape index (κ2) is 5.04. The molecular formula is C13H17N3O4S2. The van der Waals surface area contributed by atoms with Crippen LogP contribution in [-0.4, -0.2) is 55.2 Å². The first kappa shape index (κ1) is 15.4. The van der Waals surface area contributed by atoms with Gasteiger partial charge in [0.2, 0.25) is 0 Å². The van der Waals surface area contributed by atoms with Crippen LogP contribution in [0.15, 0.2) is 15.7 Å². The number of sulfonamides is 1. The van der Waals surface area contributed by atoms with E-state index < -0.39 is 21.6 Å². The molecule has 3 heterocycles. The predicted molar refractivity (Wildman–Crippen MR) is 81.1 cm³/mol. The largest absolute Gasteiger partial charge is 0.324 e. The Hall–Kier alpha value is -1.45. The maximum atomic E-state index is 12.6. The number of nitrogens with zero attached hydrogens (tertiary/aromatic N) is 2. The van der Waals surface area contributed by atoms with E-state index in [-0.39, 0.29) is 19.0 Å². The van der Waals surface area contributed by atoms with Crippen molar-refractivity contribution in [3.8, 4) is 0 Å². The number of likely N-dealkylation sites (N-methyl/N-ethyl adjacent to an activating group) is 1. The molecule has 0 atom stereocenters. The Bertz CT molecular complexity index is 732. The molecule has 1 N–H and O–H groups in total. The Kier molecular flexibility index (Phi) is 3.54. The number of carbonyl (C=O) groups is 2. The van der Waals surface area contributed by atoms with Gasteiger partial charge < -0.3 is 5.32 Å². The number of aryl methyl sites for hydroxylation is 1. The zero-order valence-corrected chi connectivity index (χ0v) is 14.0. The van der Waals surface area contributed by atoms with Gasteiger partial charge in [-0.25, -0.2) is 13.2 Å². The number of hydrogen-bond acceptors (Lipinski definition) is 5. The number of nitrogens with one attached hydrogen (secondary N) is 1. The fraction of sp³-hybridized carbons (Fsp3) is 0.538. The molecule has 9 heteroatoms. The number of piperidine rings is 1. The summed E-state index contributed by atoms with van der Waals surface area (Å²) < 4.78 is 27.0. The van der Waals surface area contributed by atoms with E-state index in [0.717, 1.165) is 10.5 Å². The van der Waals surface area contributed by atoms with Gasteiger partial charge in [-0.1, -0.05) is 0 Å². The Morgan fingerprint density at radius 3 is 2.36 bits per heavy atom. The third-order valence-corrected chi connectivity index (χ3v) is 7.89. The van der Waals surface area contributed by atoms with E-state index in [0.29, 0.717) is 17.1 Å². The molecule has 0 aliphatic carbocycles. The van der Waals surface area contributed by atoms with E-state index in [2.05, 4.69) is 5.32 Å². The highest BCUT2D eigenvalue weighted by Crippen LogP contribution is 2.33. The summed E-state index contributed by atoms with van der Waals surface area (Å²) in [5.41, 5.74) is -0.210. The van der Waals surface area contributed by atoms with Crippen molar-refractivity contribution in [1.29, 1.82) is 0 Å². The summed E-state index contributed by atoms with van der Waals surface area (Å²) in [5, 5.41) is 4.46. The molecule has 0 aromatic carbocycles. The summed E-state index contributed by atoms with van der Waals surface area (Å²) in [6, 6.07) is 1.36. The fourth-order valence-corrected chi connectivity index (χ4v) is 5.93. The minimum atomic E-state index is -3.53. The molecule has 0 radical (unpaired) electrons. The van der Waals surface area contributed by atoms with E-state index in [1.54, 1.807) is 18.4 Å². The predicted octanol–water partition coefficient (Wildman–Crippen LogP) is 0.761. The van der Waals surface area contributed by atoms with E-state index in [1.807, 2.05) is 0 Å². The zero-order valence-electron chi connectivity index (χ0n) is 12.3. The third-order valence-electron chi connectivity index (χ3n) is 4.33. The quantitative estimate of drug-likeness (QED) is 0.803. The smallest absolute Gasteiger partial charge is 0.323 e. The highest BCUT2D eigenvalue weighted by molar-refractivity contribution is 7.91.